The molecular formula is C6H10F3NO. The van der Waals surface area contributed by atoms with Gasteiger partial charge in [-0.25, -0.2) is 0 Å². The van der Waals surface area contributed by atoms with Gasteiger partial charge in [0.15, 0.2) is 6.10 Å². The van der Waals surface area contributed by atoms with E-state index in [9.17, 15) is 13.2 Å². The van der Waals surface area contributed by atoms with Gasteiger partial charge in [-0.3, -0.25) is 0 Å². The van der Waals surface area contributed by atoms with Gasteiger partial charge >= 0.3 is 6.18 Å². The maximum absolute atomic E-state index is 11.6. The zero-order chi connectivity index (χ0) is 8.48. The summed E-state index contributed by atoms with van der Waals surface area (Å²) in [6.07, 6.45) is -4.86. The number of aliphatic hydroxyl groups is 1. The highest BCUT2D eigenvalue weighted by Crippen LogP contribution is 2.22. The lowest BCUT2D eigenvalue weighted by Gasteiger charge is -2.14. The molecule has 1 fully saturated rings. The van der Waals surface area contributed by atoms with E-state index < -0.39 is 12.3 Å². The van der Waals surface area contributed by atoms with Crippen LogP contribution >= 0.6 is 0 Å². The van der Waals surface area contributed by atoms with Gasteiger partial charge in [-0.2, -0.15) is 13.2 Å². The van der Waals surface area contributed by atoms with E-state index in [0.29, 0.717) is 0 Å². The SMILES string of the molecule is OC(CNC1CC1)C(F)(F)F. The molecule has 0 heterocycles. The van der Waals surface area contributed by atoms with E-state index >= 15 is 0 Å². The number of halogens is 3. The van der Waals surface area contributed by atoms with Gasteiger partial charge in [0, 0.05) is 12.6 Å². The summed E-state index contributed by atoms with van der Waals surface area (Å²) in [5.74, 6) is 0. The van der Waals surface area contributed by atoms with Crippen LogP contribution in [0.3, 0.4) is 0 Å². The molecule has 0 aromatic rings. The van der Waals surface area contributed by atoms with Gasteiger partial charge in [0.05, 0.1) is 0 Å². The van der Waals surface area contributed by atoms with E-state index in [0.717, 1.165) is 12.8 Å². The zero-order valence-electron chi connectivity index (χ0n) is 5.86. The second-order valence-electron chi connectivity index (χ2n) is 2.74. The van der Waals surface area contributed by atoms with E-state index in [4.69, 9.17) is 5.11 Å². The van der Waals surface area contributed by atoms with Gasteiger partial charge in [-0.15, -0.1) is 0 Å². The third kappa shape index (κ3) is 3.07. The van der Waals surface area contributed by atoms with Crippen molar-refractivity contribution in [2.75, 3.05) is 6.54 Å². The van der Waals surface area contributed by atoms with Crippen LogP contribution in [0.15, 0.2) is 0 Å². The molecule has 11 heavy (non-hydrogen) atoms. The summed E-state index contributed by atoms with van der Waals surface area (Å²) in [6.45, 7) is -0.381. The summed E-state index contributed by atoms with van der Waals surface area (Å²) in [5, 5.41) is 11.1. The number of nitrogens with one attached hydrogen (secondary N) is 1. The average Bonchev–Trinajstić information content (AvgIpc) is 2.62. The molecule has 0 spiro atoms. The highest BCUT2D eigenvalue weighted by molar-refractivity contribution is 4.82. The van der Waals surface area contributed by atoms with Gasteiger partial charge in [0.2, 0.25) is 0 Å². The fourth-order valence-corrected chi connectivity index (χ4v) is 0.681. The highest BCUT2D eigenvalue weighted by Gasteiger charge is 2.38. The van der Waals surface area contributed by atoms with E-state index in [-0.39, 0.29) is 12.6 Å². The first-order valence-electron chi connectivity index (χ1n) is 3.48. The maximum Gasteiger partial charge on any atom is 0.415 e. The molecule has 2 nitrogen and oxygen atoms in total. The lowest BCUT2D eigenvalue weighted by atomic mass is 10.3. The molecule has 1 rings (SSSR count). The minimum atomic E-state index is -4.48. The normalized spacial score (nSPS) is 21.8. The molecule has 5 heteroatoms. The van der Waals surface area contributed by atoms with Gasteiger partial charge in [0.25, 0.3) is 0 Å². The number of rotatable bonds is 3. The van der Waals surface area contributed by atoms with Crippen molar-refractivity contribution in [1.82, 2.24) is 5.32 Å². The molecule has 0 amide bonds. The lowest BCUT2D eigenvalue weighted by molar-refractivity contribution is -0.201. The smallest absolute Gasteiger partial charge is 0.382 e. The number of alkyl halides is 3. The fourth-order valence-electron chi connectivity index (χ4n) is 0.681. The lowest BCUT2D eigenvalue weighted by Crippen LogP contribution is -2.39. The van der Waals surface area contributed by atoms with Gasteiger partial charge in [0.1, 0.15) is 0 Å². The van der Waals surface area contributed by atoms with E-state index in [1.165, 1.54) is 0 Å². The predicted octanol–water partition coefficient (Wildman–Crippen LogP) is 0.662. The zero-order valence-corrected chi connectivity index (χ0v) is 5.86. The van der Waals surface area contributed by atoms with Crippen molar-refractivity contribution in [3.8, 4) is 0 Å². The van der Waals surface area contributed by atoms with Crippen molar-refractivity contribution in [3.63, 3.8) is 0 Å². The highest BCUT2D eigenvalue weighted by atomic mass is 19.4. The Morgan fingerprint density at radius 2 is 2.00 bits per heavy atom. The average molecular weight is 169 g/mol. The molecule has 2 N–H and O–H groups in total. The summed E-state index contributed by atoms with van der Waals surface area (Å²) < 4.78 is 34.9. The molecule has 0 aromatic heterocycles. The topological polar surface area (TPSA) is 32.3 Å². The second kappa shape index (κ2) is 2.98. The first-order chi connectivity index (χ1) is 5.00. The molecule has 0 saturated heterocycles. The molecule has 0 aromatic carbocycles. The number of hydrogen-bond donors (Lipinski definition) is 2. The first-order valence-corrected chi connectivity index (χ1v) is 3.48. The van der Waals surface area contributed by atoms with Gasteiger partial charge < -0.3 is 10.4 Å². The molecule has 66 valence electrons. The Morgan fingerprint density at radius 1 is 1.45 bits per heavy atom. The van der Waals surface area contributed by atoms with Crippen molar-refractivity contribution >= 4 is 0 Å². The maximum atomic E-state index is 11.6. The molecule has 0 bridgehead atoms. The van der Waals surface area contributed by atoms with Crippen molar-refractivity contribution in [3.05, 3.63) is 0 Å². The van der Waals surface area contributed by atoms with Crippen LogP contribution in [0.25, 0.3) is 0 Å². The molecule has 0 aliphatic heterocycles. The largest absolute Gasteiger partial charge is 0.415 e. The minimum absolute atomic E-state index is 0.201. The molecule has 1 unspecified atom stereocenters. The Morgan fingerprint density at radius 3 is 2.36 bits per heavy atom. The van der Waals surface area contributed by atoms with Crippen LogP contribution in [0.2, 0.25) is 0 Å². The Balaban J connectivity index is 2.13. The van der Waals surface area contributed by atoms with Gasteiger partial charge in [-0.05, 0) is 12.8 Å². The van der Waals surface area contributed by atoms with Crippen molar-refractivity contribution < 1.29 is 18.3 Å². The minimum Gasteiger partial charge on any atom is -0.382 e. The van der Waals surface area contributed by atoms with Crippen LogP contribution in [-0.4, -0.2) is 30.0 Å². The third-order valence-electron chi connectivity index (χ3n) is 1.56. The third-order valence-corrected chi connectivity index (χ3v) is 1.56. The summed E-state index contributed by atoms with van der Waals surface area (Å²) in [4.78, 5) is 0. The van der Waals surface area contributed by atoms with Crippen LogP contribution in [0.4, 0.5) is 13.2 Å². The van der Waals surface area contributed by atoms with Crippen LogP contribution < -0.4 is 5.32 Å². The van der Waals surface area contributed by atoms with Crippen LogP contribution in [0, 0.1) is 0 Å². The molecule has 1 aliphatic rings. The summed E-state index contributed by atoms with van der Waals surface area (Å²) in [6, 6.07) is 0.201. The van der Waals surface area contributed by atoms with Crippen molar-refractivity contribution in [2.45, 2.75) is 31.2 Å². The Labute approximate surface area is 62.4 Å². The van der Waals surface area contributed by atoms with Gasteiger partial charge in [-0.1, -0.05) is 0 Å². The summed E-state index contributed by atoms with van der Waals surface area (Å²) in [5.41, 5.74) is 0. The Bertz CT molecular complexity index is 132. The standard InChI is InChI=1S/C6H10F3NO/c7-6(8,9)5(11)3-10-4-1-2-4/h4-5,10-11H,1-3H2. The Kier molecular flexibility index (Phi) is 2.39. The molecule has 0 radical (unpaired) electrons. The molecule has 1 aliphatic carbocycles. The first kappa shape index (κ1) is 8.80. The quantitative estimate of drug-likeness (QED) is 0.650. The van der Waals surface area contributed by atoms with Crippen LogP contribution in [-0.2, 0) is 0 Å². The predicted molar refractivity (Wildman–Crippen MR) is 33.1 cm³/mol. The van der Waals surface area contributed by atoms with E-state index in [1.807, 2.05) is 0 Å². The van der Waals surface area contributed by atoms with Crippen molar-refractivity contribution in [1.29, 1.82) is 0 Å². The molecular weight excluding hydrogens is 159 g/mol. The fraction of sp³-hybridized carbons (Fsp3) is 1.00. The van der Waals surface area contributed by atoms with Crippen LogP contribution in [0.1, 0.15) is 12.8 Å². The van der Waals surface area contributed by atoms with Crippen molar-refractivity contribution in [2.24, 2.45) is 0 Å². The van der Waals surface area contributed by atoms with E-state index in [2.05, 4.69) is 5.32 Å². The van der Waals surface area contributed by atoms with E-state index in [1.54, 1.807) is 0 Å². The second-order valence-corrected chi connectivity index (χ2v) is 2.74. The molecule has 1 atom stereocenters. The number of hydrogen-bond acceptors (Lipinski definition) is 2. The summed E-state index contributed by atoms with van der Waals surface area (Å²) in [7, 11) is 0. The summed E-state index contributed by atoms with van der Waals surface area (Å²) >= 11 is 0. The van der Waals surface area contributed by atoms with Crippen LogP contribution in [0.5, 0.6) is 0 Å². The number of aliphatic hydroxyl groups excluding tert-OH is 1. The molecule has 1 saturated carbocycles. The monoisotopic (exact) mass is 169 g/mol. The Hall–Kier alpha value is -0.290.